The molecule has 0 aromatic rings. The van der Waals surface area contributed by atoms with E-state index in [1.165, 1.54) is 6.42 Å². The molecule has 0 bridgehead atoms. The first-order valence-electron chi connectivity index (χ1n) is 5.32. The van der Waals surface area contributed by atoms with E-state index in [4.69, 9.17) is 0 Å². The molecule has 68 valence electrons. The molecule has 12 heavy (non-hydrogen) atoms. The molecule has 2 aliphatic carbocycles. The molecular weight excluding hydrogens is 144 g/mol. The Bertz CT molecular complexity index is 206. The largest absolute Gasteiger partial charge is 0.0825 e. The molecule has 0 amide bonds. The highest BCUT2D eigenvalue weighted by Crippen LogP contribution is 2.61. The topological polar surface area (TPSA) is 0 Å². The third kappa shape index (κ3) is 0.967. The van der Waals surface area contributed by atoms with Crippen LogP contribution in [0.15, 0.2) is 11.6 Å². The summed E-state index contributed by atoms with van der Waals surface area (Å²) in [4.78, 5) is 0. The van der Waals surface area contributed by atoms with Gasteiger partial charge in [-0.1, -0.05) is 39.3 Å². The maximum atomic E-state index is 2.49. The second kappa shape index (κ2) is 2.61. The maximum absolute atomic E-state index is 2.49. The van der Waals surface area contributed by atoms with Crippen molar-refractivity contribution in [2.45, 2.75) is 34.1 Å². The molecular formula is C12H20. The summed E-state index contributed by atoms with van der Waals surface area (Å²) in [7, 11) is 0. The lowest BCUT2D eigenvalue weighted by Gasteiger charge is -2.59. The van der Waals surface area contributed by atoms with Gasteiger partial charge in [-0.05, 0) is 36.0 Å². The van der Waals surface area contributed by atoms with Crippen LogP contribution in [0.5, 0.6) is 0 Å². The average Bonchev–Trinajstić information content (AvgIpc) is 1.95. The summed E-state index contributed by atoms with van der Waals surface area (Å²) in [5.74, 6) is 4.77. The van der Waals surface area contributed by atoms with Gasteiger partial charge in [-0.2, -0.15) is 0 Å². The molecule has 0 saturated heterocycles. The number of rotatable bonds is 1. The van der Waals surface area contributed by atoms with E-state index in [-0.39, 0.29) is 0 Å². The van der Waals surface area contributed by atoms with Gasteiger partial charge in [0.05, 0.1) is 0 Å². The van der Waals surface area contributed by atoms with Crippen molar-refractivity contribution in [1.82, 2.24) is 0 Å². The van der Waals surface area contributed by atoms with E-state index < -0.39 is 0 Å². The normalized spacial score (nSPS) is 48.6. The van der Waals surface area contributed by atoms with Crippen LogP contribution in [0.25, 0.3) is 0 Å². The van der Waals surface area contributed by atoms with Crippen LogP contribution in [0.4, 0.5) is 0 Å². The Morgan fingerprint density at radius 1 is 1.25 bits per heavy atom. The van der Waals surface area contributed by atoms with E-state index in [1.807, 2.05) is 0 Å². The predicted molar refractivity (Wildman–Crippen MR) is 52.8 cm³/mol. The first-order valence-corrected chi connectivity index (χ1v) is 5.32. The molecule has 0 aromatic carbocycles. The van der Waals surface area contributed by atoms with E-state index >= 15 is 0 Å². The quantitative estimate of drug-likeness (QED) is 0.520. The summed E-state index contributed by atoms with van der Waals surface area (Å²) in [6, 6.07) is 0. The van der Waals surface area contributed by atoms with Gasteiger partial charge in [0, 0.05) is 0 Å². The molecule has 0 nitrogen and oxygen atoms in total. The Hall–Kier alpha value is -0.260. The number of hydrogen-bond acceptors (Lipinski definition) is 0. The molecule has 2 aliphatic rings. The van der Waals surface area contributed by atoms with E-state index in [9.17, 15) is 0 Å². The molecule has 0 radical (unpaired) electrons. The molecule has 2 saturated carbocycles. The monoisotopic (exact) mass is 164 g/mol. The lowest BCUT2D eigenvalue weighted by atomic mass is 9.45. The lowest BCUT2D eigenvalue weighted by Crippen LogP contribution is -2.52. The van der Waals surface area contributed by atoms with Crippen LogP contribution in [0.3, 0.4) is 0 Å². The van der Waals surface area contributed by atoms with E-state index in [0.29, 0.717) is 0 Å². The molecule has 0 N–H and O–H groups in total. The van der Waals surface area contributed by atoms with Gasteiger partial charge in [0.2, 0.25) is 0 Å². The van der Waals surface area contributed by atoms with Gasteiger partial charge in [-0.15, -0.1) is 0 Å². The van der Waals surface area contributed by atoms with Crippen molar-refractivity contribution in [3.8, 4) is 0 Å². The molecule has 0 heteroatoms. The Morgan fingerprint density at radius 2 is 1.92 bits per heavy atom. The summed E-state index contributed by atoms with van der Waals surface area (Å²) in [5.41, 5.74) is 1.76. The first-order chi connectivity index (χ1) is 5.61. The SMILES string of the molecule is CC(C)C=C1CC2C(C)C(C)C12. The van der Waals surface area contributed by atoms with Gasteiger partial charge in [0.1, 0.15) is 0 Å². The second-order valence-corrected chi connectivity index (χ2v) is 5.10. The fourth-order valence-electron chi connectivity index (χ4n) is 3.07. The standard InChI is InChI=1S/C12H20/c1-7(2)5-10-6-11-8(3)9(4)12(10)11/h5,7-9,11-12H,6H2,1-4H3. The molecule has 0 spiro atoms. The van der Waals surface area contributed by atoms with Crippen LogP contribution in [0.2, 0.25) is 0 Å². The van der Waals surface area contributed by atoms with Gasteiger partial charge < -0.3 is 0 Å². The van der Waals surface area contributed by atoms with Crippen molar-refractivity contribution in [3.63, 3.8) is 0 Å². The zero-order valence-corrected chi connectivity index (χ0v) is 8.67. The summed E-state index contributed by atoms with van der Waals surface area (Å²) in [6.07, 6.45) is 3.90. The van der Waals surface area contributed by atoms with E-state index in [0.717, 1.165) is 29.6 Å². The van der Waals surface area contributed by atoms with Crippen molar-refractivity contribution in [2.24, 2.45) is 29.6 Å². The van der Waals surface area contributed by atoms with Crippen molar-refractivity contribution < 1.29 is 0 Å². The van der Waals surface area contributed by atoms with Crippen molar-refractivity contribution in [1.29, 1.82) is 0 Å². The van der Waals surface area contributed by atoms with Crippen LogP contribution in [-0.4, -0.2) is 0 Å². The maximum Gasteiger partial charge on any atom is -0.0141 e. The summed E-state index contributed by atoms with van der Waals surface area (Å²) < 4.78 is 0. The zero-order valence-electron chi connectivity index (χ0n) is 8.67. The highest BCUT2D eigenvalue weighted by molar-refractivity contribution is 5.26. The van der Waals surface area contributed by atoms with Crippen LogP contribution in [0.1, 0.15) is 34.1 Å². The molecule has 4 atom stereocenters. The molecule has 2 fully saturated rings. The zero-order chi connectivity index (χ0) is 8.88. The fourth-order valence-corrected chi connectivity index (χ4v) is 3.07. The Morgan fingerprint density at radius 3 is 2.42 bits per heavy atom. The van der Waals surface area contributed by atoms with Crippen LogP contribution in [-0.2, 0) is 0 Å². The van der Waals surface area contributed by atoms with Crippen LogP contribution in [0, 0.1) is 29.6 Å². The van der Waals surface area contributed by atoms with Crippen molar-refractivity contribution >= 4 is 0 Å². The lowest BCUT2D eigenvalue weighted by molar-refractivity contribution is -0.0277. The number of allylic oxidation sites excluding steroid dienone is 2. The minimum absolute atomic E-state index is 0.754. The molecule has 2 rings (SSSR count). The third-order valence-electron chi connectivity index (χ3n) is 3.98. The number of fused-ring (bicyclic) bond motifs is 1. The molecule has 0 aliphatic heterocycles. The summed E-state index contributed by atoms with van der Waals surface area (Å²) >= 11 is 0. The highest BCUT2D eigenvalue weighted by atomic mass is 14.6. The summed E-state index contributed by atoms with van der Waals surface area (Å²) in [5, 5.41) is 0. The smallest absolute Gasteiger partial charge is 0.0141 e. The van der Waals surface area contributed by atoms with Gasteiger partial charge in [-0.3, -0.25) is 0 Å². The first kappa shape index (κ1) is 8.34. The molecule has 0 aromatic heterocycles. The van der Waals surface area contributed by atoms with E-state index in [2.05, 4.69) is 33.8 Å². The van der Waals surface area contributed by atoms with E-state index in [1.54, 1.807) is 5.57 Å². The van der Waals surface area contributed by atoms with Crippen LogP contribution >= 0.6 is 0 Å². The van der Waals surface area contributed by atoms with Crippen LogP contribution < -0.4 is 0 Å². The van der Waals surface area contributed by atoms with Gasteiger partial charge >= 0.3 is 0 Å². The summed E-state index contributed by atoms with van der Waals surface area (Å²) in [6.45, 7) is 9.40. The van der Waals surface area contributed by atoms with Gasteiger partial charge in [-0.25, -0.2) is 0 Å². The van der Waals surface area contributed by atoms with Gasteiger partial charge in [0.15, 0.2) is 0 Å². The fraction of sp³-hybridized carbons (Fsp3) is 0.833. The minimum Gasteiger partial charge on any atom is -0.0825 e. The third-order valence-corrected chi connectivity index (χ3v) is 3.98. The van der Waals surface area contributed by atoms with Crippen molar-refractivity contribution in [2.75, 3.05) is 0 Å². The Kier molecular flexibility index (Phi) is 1.82. The average molecular weight is 164 g/mol. The van der Waals surface area contributed by atoms with Crippen molar-refractivity contribution in [3.05, 3.63) is 11.6 Å². The molecule has 0 heterocycles. The highest BCUT2D eigenvalue weighted by Gasteiger charge is 2.53. The predicted octanol–water partition coefficient (Wildman–Crippen LogP) is 3.49. The number of hydrogen-bond donors (Lipinski definition) is 0. The Balaban J connectivity index is 2.01. The van der Waals surface area contributed by atoms with Gasteiger partial charge in [0.25, 0.3) is 0 Å². The molecule has 4 unspecified atom stereocenters. The second-order valence-electron chi connectivity index (χ2n) is 5.10. The minimum atomic E-state index is 0.754. The Labute approximate surface area is 76.1 Å².